The first-order chi connectivity index (χ1) is 12.2. The Balaban J connectivity index is 1.86. The minimum absolute atomic E-state index is 0.0468. The number of aryl methyl sites for hydroxylation is 2. The van der Waals surface area contributed by atoms with Crippen LogP contribution < -0.4 is 10.5 Å². The minimum Gasteiger partial charge on any atom is -0.467 e. The molecule has 0 unspecified atom stereocenters. The summed E-state index contributed by atoms with van der Waals surface area (Å²) in [5.74, 6) is 1.50. The van der Waals surface area contributed by atoms with E-state index in [0.717, 1.165) is 35.2 Å². The lowest BCUT2D eigenvalue weighted by Crippen LogP contribution is -2.30. The highest BCUT2D eigenvalue weighted by molar-refractivity contribution is 7.18. The van der Waals surface area contributed by atoms with Gasteiger partial charge in [0.2, 0.25) is 5.95 Å². The van der Waals surface area contributed by atoms with E-state index >= 15 is 0 Å². The summed E-state index contributed by atoms with van der Waals surface area (Å²) >= 11 is 1.68. The van der Waals surface area contributed by atoms with Gasteiger partial charge in [-0.3, -0.25) is 9.36 Å². The molecule has 1 aliphatic rings. The predicted octanol–water partition coefficient (Wildman–Crippen LogP) is 3.75. The molecule has 0 bridgehead atoms. The molecule has 0 aromatic carbocycles. The van der Waals surface area contributed by atoms with Crippen molar-refractivity contribution < 1.29 is 4.42 Å². The maximum atomic E-state index is 13.2. The number of aromatic nitrogens is 2. The van der Waals surface area contributed by atoms with Crippen LogP contribution in [0.15, 0.2) is 40.3 Å². The molecule has 130 valence electrons. The van der Waals surface area contributed by atoms with Crippen molar-refractivity contribution in [1.29, 1.82) is 0 Å². The summed E-state index contributed by atoms with van der Waals surface area (Å²) in [7, 11) is 1.93. The largest absolute Gasteiger partial charge is 0.467 e. The Kier molecular flexibility index (Phi) is 4.21. The van der Waals surface area contributed by atoms with Gasteiger partial charge in [0, 0.05) is 18.5 Å². The lowest BCUT2D eigenvalue weighted by molar-refractivity contribution is 0.504. The normalized spacial score (nSPS) is 13.8. The summed E-state index contributed by atoms with van der Waals surface area (Å²) in [4.78, 5) is 22.2. The maximum Gasteiger partial charge on any atom is 0.264 e. The van der Waals surface area contributed by atoms with Gasteiger partial charge in [0.05, 0.1) is 18.2 Å². The van der Waals surface area contributed by atoms with Crippen LogP contribution in [-0.4, -0.2) is 16.6 Å². The zero-order valence-electron chi connectivity index (χ0n) is 14.3. The van der Waals surface area contributed by atoms with Crippen LogP contribution in [0.1, 0.15) is 29.0 Å². The Bertz CT molecular complexity index is 969. The van der Waals surface area contributed by atoms with Gasteiger partial charge in [0.25, 0.3) is 5.56 Å². The summed E-state index contributed by atoms with van der Waals surface area (Å²) in [5, 5.41) is 0.816. The van der Waals surface area contributed by atoms with E-state index in [2.05, 4.69) is 6.58 Å². The first kappa shape index (κ1) is 16.1. The van der Waals surface area contributed by atoms with E-state index in [4.69, 9.17) is 9.40 Å². The third kappa shape index (κ3) is 2.80. The van der Waals surface area contributed by atoms with Gasteiger partial charge in [-0.15, -0.1) is 17.9 Å². The van der Waals surface area contributed by atoms with Crippen LogP contribution in [0.3, 0.4) is 0 Å². The molecular weight excluding hydrogens is 334 g/mol. The van der Waals surface area contributed by atoms with Crippen molar-refractivity contribution in [3.8, 4) is 0 Å². The Labute approximate surface area is 150 Å². The van der Waals surface area contributed by atoms with Gasteiger partial charge >= 0.3 is 0 Å². The third-order valence-corrected chi connectivity index (χ3v) is 5.87. The van der Waals surface area contributed by atoms with Crippen LogP contribution in [0.25, 0.3) is 10.2 Å². The smallest absolute Gasteiger partial charge is 0.264 e. The minimum atomic E-state index is 0.0468. The standard InChI is InChI=1S/C19H21N3O2S/c1-3-10-22-18(23)16-14-8-4-5-9-15(14)25-17(16)20-19(22)21(2)12-13-7-6-11-24-13/h3,6-7,11H,1,4-5,8-10,12H2,2H3. The number of thiophene rings is 1. The lowest BCUT2D eigenvalue weighted by atomic mass is 9.97. The Morgan fingerprint density at radius 3 is 3.04 bits per heavy atom. The molecule has 3 heterocycles. The van der Waals surface area contributed by atoms with E-state index in [1.165, 1.54) is 16.9 Å². The summed E-state index contributed by atoms with van der Waals surface area (Å²) in [6.07, 6.45) is 7.81. The van der Waals surface area contributed by atoms with E-state index in [9.17, 15) is 4.79 Å². The summed E-state index contributed by atoms with van der Waals surface area (Å²) in [6.45, 7) is 4.82. The van der Waals surface area contributed by atoms with Crippen LogP contribution >= 0.6 is 11.3 Å². The first-order valence-electron chi connectivity index (χ1n) is 8.58. The summed E-state index contributed by atoms with van der Waals surface area (Å²) in [5.41, 5.74) is 1.27. The number of anilines is 1. The number of furan rings is 1. The average molecular weight is 355 g/mol. The molecule has 0 fully saturated rings. The maximum absolute atomic E-state index is 13.2. The van der Waals surface area contributed by atoms with Crippen LogP contribution in [0.5, 0.6) is 0 Å². The molecule has 6 heteroatoms. The molecular formula is C19H21N3O2S. The van der Waals surface area contributed by atoms with Crippen LogP contribution in [0.4, 0.5) is 5.95 Å². The van der Waals surface area contributed by atoms with Gasteiger partial charge in [-0.1, -0.05) is 6.08 Å². The number of hydrogen-bond acceptors (Lipinski definition) is 5. The molecule has 25 heavy (non-hydrogen) atoms. The number of hydrogen-bond donors (Lipinski definition) is 0. The monoisotopic (exact) mass is 355 g/mol. The van der Waals surface area contributed by atoms with Crippen LogP contribution in [-0.2, 0) is 25.9 Å². The highest BCUT2D eigenvalue weighted by atomic mass is 32.1. The van der Waals surface area contributed by atoms with E-state index in [0.29, 0.717) is 19.0 Å². The fourth-order valence-corrected chi connectivity index (χ4v) is 4.77. The van der Waals surface area contributed by atoms with Crippen molar-refractivity contribution in [3.63, 3.8) is 0 Å². The molecule has 0 saturated heterocycles. The molecule has 4 rings (SSSR count). The van der Waals surface area contributed by atoms with Crippen molar-refractivity contribution in [1.82, 2.24) is 9.55 Å². The molecule has 0 aliphatic heterocycles. The van der Waals surface area contributed by atoms with Crippen LogP contribution in [0.2, 0.25) is 0 Å². The molecule has 3 aromatic heterocycles. The number of nitrogens with zero attached hydrogens (tertiary/aromatic N) is 3. The van der Waals surface area contributed by atoms with Gasteiger partial charge in [0.1, 0.15) is 10.6 Å². The van der Waals surface area contributed by atoms with Gasteiger partial charge < -0.3 is 9.32 Å². The van der Waals surface area contributed by atoms with E-state index in [1.54, 1.807) is 28.2 Å². The highest BCUT2D eigenvalue weighted by Crippen LogP contribution is 2.34. The van der Waals surface area contributed by atoms with Crippen molar-refractivity contribution in [2.45, 2.75) is 38.8 Å². The van der Waals surface area contributed by atoms with E-state index in [1.807, 2.05) is 24.1 Å². The molecule has 0 spiro atoms. The zero-order valence-corrected chi connectivity index (χ0v) is 15.1. The zero-order chi connectivity index (χ0) is 17.4. The SMILES string of the molecule is C=CCn1c(N(C)Cc2ccco2)nc2sc3c(c2c1=O)CCCC3. The second kappa shape index (κ2) is 6.52. The molecule has 3 aromatic rings. The molecule has 1 aliphatic carbocycles. The number of allylic oxidation sites excluding steroid dienone is 1. The topological polar surface area (TPSA) is 51.3 Å². The van der Waals surface area contributed by atoms with E-state index < -0.39 is 0 Å². The van der Waals surface area contributed by atoms with Gasteiger partial charge in [0.15, 0.2) is 0 Å². The van der Waals surface area contributed by atoms with Gasteiger partial charge in [-0.2, -0.15) is 0 Å². The average Bonchev–Trinajstić information content (AvgIpc) is 3.24. The summed E-state index contributed by atoms with van der Waals surface area (Å²) < 4.78 is 7.16. The molecule has 0 saturated carbocycles. The highest BCUT2D eigenvalue weighted by Gasteiger charge is 2.23. The third-order valence-electron chi connectivity index (χ3n) is 4.68. The van der Waals surface area contributed by atoms with E-state index in [-0.39, 0.29) is 5.56 Å². The Morgan fingerprint density at radius 1 is 1.44 bits per heavy atom. The fourth-order valence-electron chi connectivity index (χ4n) is 3.52. The molecule has 0 amide bonds. The van der Waals surface area contributed by atoms with Crippen molar-refractivity contribution >= 4 is 27.5 Å². The Morgan fingerprint density at radius 2 is 2.28 bits per heavy atom. The second-order valence-corrected chi connectivity index (χ2v) is 7.53. The fraction of sp³-hybridized carbons (Fsp3) is 0.368. The quantitative estimate of drug-likeness (QED) is 0.654. The van der Waals surface area contributed by atoms with Crippen molar-refractivity contribution in [2.24, 2.45) is 0 Å². The van der Waals surface area contributed by atoms with Gasteiger partial charge in [-0.25, -0.2) is 4.98 Å². The summed E-state index contributed by atoms with van der Waals surface area (Å²) in [6, 6.07) is 3.79. The van der Waals surface area contributed by atoms with Crippen molar-refractivity contribution in [2.75, 3.05) is 11.9 Å². The lowest BCUT2D eigenvalue weighted by Gasteiger charge is -2.21. The van der Waals surface area contributed by atoms with Crippen molar-refractivity contribution in [3.05, 3.63) is 57.6 Å². The first-order valence-corrected chi connectivity index (χ1v) is 9.40. The second-order valence-electron chi connectivity index (χ2n) is 6.44. The van der Waals surface area contributed by atoms with Gasteiger partial charge in [-0.05, 0) is 43.4 Å². The molecule has 0 atom stereocenters. The molecule has 5 nitrogen and oxygen atoms in total. The number of rotatable bonds is 5. The van der Waals surface area contributed by atoms with Crippen LogP contribution in [0, 0.1) is 0 Å². The molecule has 0 radical (unpaired) electrons. The number of fused-ring (bicyclic) bond motifs is 3. The Hall–Kier alpha value is -2.34. The molecule has 0 N–H and O–H groups in total. The predicted molar refractivity (Wildman–Crippen MR) is 102 cm³/mol.